The van der Waals surface area contributed by atoms with Gasteiger partial charge in [-0.15, -0.1) is 0 Å². The maximum atomic E-state index is 10.8. The predicted molar refractivity (Wildman–Crippen MR) is 58.5 cm³/mol. The lowest BCUT2D eigenvalue weighted by Crippen LogP contribution is -2.17. The Morgan fingerprint density at radius 1 is 1.25 bits per heavy atom. The van der Waals surface area contributed by atoms with Gasteiger partial charge in [0.05, 0.1) is 0 Å². The zero-order valence-electron chi connectivity index (χ0n) is 9.82. The molecule has 0 saturated heterocycles. The molecule has 1 rings (SSSR count). The fraction of sp³-hybridized carbons (Fsp3) is 0.667. The average molecular weight is 226 g/mol. The maximum absolute atomic E-state index is 10.8. The van der Waals surface area contributed by atoms with Gasteiger partial charge in [-0.3, -0.25) is 9.59 Å². The summed E-state index contributed by atoms with van der Waals surface area (Å²) < 4.78 is 10.2. The van der Waals surface area contributed by atoms with Crippen molar-refractivity contribution in [3.8, 4) is 0 Å². The third-order valence-electron chi connectivity index (χ3n) is 2.42. The zero-order chi connectivity index (χ0) is 12.0. The first-order valence-electron chi connectivity index (χ1n) is 5.62. The van der Waals surface area contributed by atoms with Crippen LogP contribution >= 0.6 is 0 Å². The Bertz CT molecular complexity index is 293. The van der Waals surface area contributed by atoms with Crippen LogP contribution < -0.4 is 0 Å². The number of esters is 2. The highest BCUT2D eigenvalue weighted by molar-refractivity contribution is 5.67. The second-order valence-electron chi connectivity index (χ2n) is 3.98. The molecule has 0 bridgehead atoms. The highest BCUT2D eigenvalue weighted by Crippen LogP contribution is 2.20. The molecule has 16 heavy (non-hydrogen) atoms. The highest BCUT2D eigenvalue weighted by Gasteiger charge is 2.14. The van der Waals surface area contributed by atoms with Gasteiger partial charge in [-0.2, -0.15) is 0 Å². The van der Waals surface area contributed by atoms with Crippen molar-refractivity contribution in [1.82, 2.24) is 0 Å². The minimum atomic E-state index is -0.296. The van der Waals surface area contributed by atoms with Crippen molar-refractivity contribution in [2.45, 2.75) is 52.1 Å². The van der Waals surface area contributed by atoms with Gasteiger partial charge in [0, 0.05) is 26.7 Å². The van der Waals surface area contributed by atoms with Crippen molar-refractivity contribution in [2.75, 3.05) is 0 Å². The van der Waals surface area contributed by atoms with Crippen molar-refractivity contribution < 1.29 is 19.1 Å². The largest absolute Gasteiger partial charge is 0.462 e. The van der Waals surface area contributed by atoms with Crippen LogP contribution in [0, 0.1) is 0 Å². The van der Waals surface area contributed by atoms with Gasteiger partial charge in [-0.25, -0.2) is 0 Å². The molecule has 1 unspecified atom stereocenters. The lowest BCUT2D eigenvalue weighted by Gasteiger charge is -2.18. The summed E-state index contributed by atoms with van der Waals surface area (Å²) in [7, 11) is 0. The number of hydrogen-bond acceptors (Lipinski definition) is 4. The Morgan fingerprint density at radius 3 is 2.62 bits per heavy atom. The maximum Gasteiger partial charge on any atom is 0.307 e. The van der Waals surface area contributed by atoms with E-state index in [-0.39, 0.29) is 18.0 Å². The van der Waals surface area contributed by atoms with E-state index in [0.717, 1.165) is 25.7 Å². The van der Waals surface area contributed by atoms with Crippen molar-refractivity contribution in [3.63, 3.8) is 0 Å². The molecule has 1 atom stereocenters. The second-order valence-corrected chi connectivity index (χ2v) is 3.98. The van der Waals surface area contributed by atoms with Crippen molar-refractivity contribution in [3.05, 3.63) is 11.8 Å². The van der Waals surface area contributed by atoms with Gasteiger partial charge in [-0.1, -0.05) is 0 Å². The monoisotopic (exact) mass is 226 g/mol. The van der Waals surface area contributed by atoms with Crippen molar-refractivity contribution in [1.29, 1.82) is 0 Å². The first kappa shape index (κ1) is 12.7. The van der Waals surface area contributed by atoms with Crippen LogP contribution in [-0.2, 0) is 19.1 Å². The molecule has 90 valence electrons. The Morgan fingerprint density at radius 2 is 2.00 bits per heavy atom. The van der Waals surface area contributed by atoms with E-state index < -0.39 is 0 Å². The molecule has 0 N–H and O–H groups in total. The molecule has 4 nitrogen and oxygen atoms in total. The molecule has 0 fully saturated rings. The van der Waals surface area contributed by atoms with E-state index in [4.69, 9.17) is 9.47 Å². The fourth-order valence-corrected chi connectivity index (χ4v) is 1.77. The third kappa shape index (κ3) is 4.96. The van der Waals surface area contributed by atoms with Crippen molar-refractivity contribution >= 4 is 11.9 Å². The second kappa shape index (κ2) is 6.30. The molecule has 1 aliphatic carbocycles. The van der Waals surface area contributed by atoms with E-state index in [0.29, 0.717) is 12.2 Å². The minimum absolute atomic E-state index is 0.0802. The summed E-state index contributed by atoms with van der Waals surface area (Å²) in [6, 6.07) is 0. The van der Waals surface area contributed by atoms with Crippen LogP contribution in [0.25, 0.3) is 0 Å². The lowest BCUT2D eigenvalue weighted by molar-refractivity contribution is -0.147. The molecule has 0 aromatic carbocycles. The first-order valence-corrected chi connectivity index (χ1v) is 5.62. The van der Waals surface area contributed by atoms with Crippen LogP contribution in [0.3, 0.4) is 0 Å². The molecule has 0 saturated carbocycles. The summed E-state index contributed by atoms with van der Waals surface area (Å²) in [5.41, 5.74) is 0. The number of allylic oxidation sites excluding steroid dienone is 1. The number of hydrogen-bond donors (Lipinski definition) is 0. The molecular weight excluding hydrogens is 208 g/mol. The van der Waals surface area contributed by atoms with E-state index in [9.17, 15) is 9.59 Å². The quantitative estimate of drug-likeness (QED) is 0.678. The molecule has 0 aromatic heterocycles. The van der Waals surface area contributed by atoms with Crippen molar-refractivity contribution in [2.24, 2.45) is 0 Å². The molecule has 0 aromatic rings. The molecule has 0 amide bonds. The van der Waals surface area contributed by atoms with Gasteiger partial charge in [0.25, 0.3) is 0 Å². The summed E-state index contributed by atoms with van der Waals surface area (Å²) in [5, 5.41) is 0. The standard InChI is InChI=1S/C12H18O4/c1-9(13)15-11-5-3-4-6-12(8-7-11)16-10(2)14/h7,12H,3-6,8H2,1-2H3. The first-order chi connectivity index (χ1) is 7.58. The molecule has 0 heterocycles. The van der Waals surface area contributed by atoms with Crippen LogP contribution in [0.1, 0.15) is 46.0 Å². The smallest absolute Gasteiger partial charge is 0.307 e. The summed E-state index contributed by atoms with van der Waals surface area (Å²) in [4.78, 5) is 21.7. The van der Waals surface area contributed by atoms with E-state index >= 15 is 0 Å². The zero-order valence-corrected chi connectivity index (χ0v) is 9.82. The highest BCUT2D eigenvalue weighted by atomic mass is 16.5. The van der Waals surface area contributed by atoms with E-state index in [1.54, 1.807) is 0 Å². The van der Waals surface area contributed by atoms with Gasteiger partial charge in [-0.05, 0) is 25.3 Å². The van der Waals surface area contributed by atoms with E-state index in [1.807, 2.05) is 6.08 Å². The average Bonchev–Trinajstić information content (AvgIpc) is 2.14. The van der Waals surface area contributed by atoms with Crippen LogP contribution in [0.4, 0.5) is 0 Å². The summed E-state index contributed by atoms with van der Waals surface area (Å²) in [6.45, 7) is 2.80. The van der Waals surface area contributed by atoms with Gasteiger partial charge < -0.3 is 9.47 Å². The van der Waals surface area contributed by atoms with Gasteiger partial charge >= 0.3 is 11.9 Å². The van der Waals surface area contributed by atoms with E-state index in [1.165, 1.54) is 13.8 Å². The van der Waals surface area contributed by atoms with Crippen LogP contribution in [0.15, 0.2) is 11.8 Å². The number of carbonyl (C=O) groups excluding carboxylic acids is 2. The number of carbonyl (C=O) groups is 2. The Hall–Kier alpha value is -1.32. The summed E-state index contributed by atoms with van der Waals surface area (Å²) in [5.74, 6) is 0.147. The van der Waals surface area contributed by atoms with E-state index in [2.05, 4.69) is 0 Å². The number of ether oxygens (including phenoxy) is 2. The van der Waals surface area contributed by atoms with Crippen LogP contribution in [-0.4, -0.2) is 18.0 Å². The Kier molecular flexibility index (Phi) is 5.02. The SMILES string of the molecule is CC(=O)OC1=CCC(OC(C)=O)CCCC1. The van der Waals surface area contributed by atoms with Gasteiger partial charge in [0.1, 0.15) is 11.9 Å². The number of rotatable bonds is 2. The predicted octanol–water partition coefficient (Wildman–Crippen LogP) is 2.33. The molecule has 0 aliphatic heterocycles. The molecule has 1 aliphatic rings. The fourth-order valence-electron chi connectivity index (χ4n) is 1.77. The van der Waals surface area contributed by atoms with Crippen LogP contribution in [0.2, 0.25) is 0 Å². The van der Waals surface area contributed by atoms with Gasteiger partial charge in [0.15, 0.2) is 0 Å². The topological polar surface area (TPSA) is 52.6 Å². The molecule has 4 heteroatoms. The third-order valence-corrected chi connectivity index (χ3v) is 2.42. The normalized spacial score (nSPS) is 21.4. The Balaban J connectivity index is 2.54. The molecule has 0 radical (unpaired) electrons. The van der Waals surface area contributed by atoms with Crippen LogP contribution in [0.5, 0.6) is 0 Å². The van der Waals surface area contributed by atoms with Gasteiger partial charge in [0.2, 0.25) is 0 Å². The minimum Gasteiger partial charge on any atom is -0.462 e. The molecule has 0 spiro atoms. The summed E-state index contributed by atoms with van der Waals surface area (Å²) in [6.07, 6.45) is 6.00. The lowest BCUT2D eigenvalue weighted by atomic mass is 10.0. The molecular formula is C12H18O4. The Labute approximate surface area is 95.6 Å². The summed E-state index contributed by atoms with van der Waals surface area (Å²) >= 11 is 0.